The summed E-state index contributed by atoms with van der Waals surface area (Å²) in [6, 6.07) is 1.73. The minimum atomic E-state index is -1.01. The highest BCUT2D eigenvalue weighted by molar-refractivity contribution is 5.94. The lowest BCUT2D eigenvalue weighted by Crippen LogP contribution is -2.20. The number of nitrogens with one attached hydrogen (secondary N) is 1. The summed E-state index contributed by atoms with van der Waals surface area (Å²) in [5.41, 5.74) is 1.59. The number of aromatic nitrogens is 1. The number of carbonyl (C=O) groups is 1. The van der Waals surface area contributed by atoms with Gasteiger partial charge in [0.05, 0.1) is 12.7 Å². The van der Waals surface area contributed by atoms with E-state index in [0.717, 1.165) is 5.69 Å². The fourth-order valence-corrected chi connectivity index (χ4v) is 1.87. The molecule has 0 fully saturated rings. The Morgan fingerprint density at radius 3 is 2.79 bits per heavy atom. The summed E-state index contributed by atoms with van der Waals surface area (Å²) < 4.78 is 4.82. The quantitative estimate of drug-likeness (QED) is 0.688. The van der Waals surface area contributed by atoms with Gasteiger partial charge >= 0.3 is 5.97 Å². The van der Waals surface area contributed by atoms with E-state index in [4.69, 9.17) is 4.74 Å². The van der Waals surface area contributed by atoms with Gasteiger partial charge in [0.1, 0.15) is 11.4 Å². The zero-order valence-corrected chi connectivity index (χ0v) is 11.4. The van der Waals surface area contributed by atoms with Crippen LogP contribution in [0.5, 0.6) is 0 Å². The molecule has 6 heteroatoms. The van der Waals surface area contributed by atoms with Crippen LogP contribution in [0.3, 0.4) is 0 Å². The van der Waals surface area contributed by atoms with Gasteiger partial charge in [0.15, 0.2) is 0 Å². The Balaban J connectivity index is 2.74. The van der Waals surface area contributed by atoms with Crippen LogP contribution in [0.15, 0.2) is 6.07 Å². The predicted octanol–water partition coefficient (Wildman–Crippen LogP) is 1.21. The van der Waals surface area contributed by atoms with E-state index in [9.17, 15) is 15.0 Å². The highest BCUT2D eigenvalue weighted by atomic mass is 16.5. The number of nitrogens with zero attached hydrogens (tertiary/aromatic N) is 1. The van der Waals surface area contributed by atoms with Crippen LogP contribution in [0.4, 0.5) is 5.82 Å². The molecule has 0 amide bonds. The molecule has 19 heavy (non-hydrogen) atoms. The van der Waals surface area contributed by atoms with E-state index in [1.165, 1.54) is 7.11 Å². The number of anilines is 1. The maximum Gasteiger partial charge on any atom is 0.339 e. The van der Waals surface area contributed by atoms with Gasteiger partial charge in [-0.3, -0.25) is 0 Å². The molecule has 0 saturated heterocycles. The zero-order chi connectivity index (χ0) is 14.4. The minimum absolute atomic E-state index is 0.173. The average Bonchev–Trinajstić information content (AvgIpc) is 2.27. The van der Waals surface area contributed by atoms with Gasteiger partial charge in [0.25, 0.3) is 0 Å². The topological polar surface area (TPSA) is 91.7 Å². The molecule has 0 saturated carbocycles. The smallest absolute Gasteiger partial charge is 0.339 e. The standard InChI is InChI=1S/C13H20N2O4/c1-8-6-9(2)15-12(11(8)13(17)18)14-5-4-10(16)7-19-3/h6,10,16H,4-5,7H2,1-3H3,(H,14,15)(H,17,18). The third-order valence-electron chi connectivity index (χ3n) is 2.69. The van der Waals surface area contributed by atoms with Crippen molar-refractivity contribution in [1.82, 2.24) is 4.98 Å². The number of rotatable bonds is 7. The Morgan fingerprint density at radius 2 is 2.21 bits per heavy atom. The molecule has 1 unspecified atom stereocenters. The second kappa shape index (κ2) is 7.06. The number of carboxylic acid groups (broad SMARTS) is 1. The maximum absolute atomic E-state index is 11.2. The number of aliphatic hydroxyl groups is 1. The van der Waals surface area contributed by atoms with E-state index in [1.54, 1.807) is 13.0 Å². The Labute approximate surface area is 112 Å². The molecule has 0 aliphatic carbocycles. The lowest BCUT2D eigenvalue weighted by molar-refractivity contribution is 0.0615. The first-order valence-electron chi connectivity index (χ1n) is 6.08. The van der Waals surface area contributed by atoms with Crippen molar-refractivity contribution in [1.29, 1.82) is 0 Å². The van der Waals surface area contributed by atoms with Crippen LogP contribution in [0.25, 0.3) is 0 Å². The molecule has 0 aliphatic heterocycles. The van der Waals surface area contributed by atoms with Gasteiger partial charge in [-0.05, 0) is 31.9 Å². The molecular weight excluding hydrogens is 248 g/mol. The number of carboxylic acids is 1. The van der Waals surface area contributed by atoms with E-state index in [-0.39, 0.29) is 12.2 Å². The number of aliphatic hydroxyl groups excluding tert-OH is 1. The molecule has 1 aromatic heterocycles. The second-order valence-electron chi connectivity index (χ2n) is 4.43. The number of pyridine rings is 1. The number of aromatic carboxylic acids is 1. The summed E-state index contributed by atoms with van der Waals surface area (Å²) >= 11 is 0. The summed E-state index contributed by atoms with van der Waals surface area (Å²) in [5.74, 6) is -0.667. The Bertz CT molecular complexity index is 449. The fraction of sp³-hybridized carbons (Fsp3) is 0.538. The van der Waals surface area contributed by atoms with Crippen LogP contribution < -0.4 is 5.32 Å². The molecular formula is C13H20N2O4. The Morgan fingerprint density at radius 1 is 1.53 bits per heavy atom. The Hall–Kier alpha value is -1.66. The molecule has 6 nitrogen and oxygen atoms in total. The van der Waals surface area contributed by atoms with E-state index >= 15 is 0 Å². The molecule has 1 heterocycles. The van der Waals surface area contributed by atoms with E-state index in [0.29, 0.717) is 24.3 Å². The molecule has 1 rings (SSSR count). The summed E-state index contributed by atoms with van der Waals surface area (Å²) in [6.45, 7) is 4.24. The monoisotopic (exact) mass is 268 g/mol. The van der Waals surface area contributed by atoms with Crippen molar-refractivity contribution in [3.8, 4) is 0 Å². The van der Waals surface area contributed by atoms with Crippen LogP contribution in [-0.2, 0) is 4.74 Å². The van der Waals surface area contributed by atoms with Crippen molar-refractivity contribution in [3.63, 3.8) is 0 Å². The molecule has 1 aromatic rings. The summed E-state index contributed by atoms with van der Waals surface area (Å²) in [7, 11) is 1.52. The van der Waals surface area contributed by atoms with Crippen molar-refractivity contribution in [2.75, 3.05) is 25.6 Å². The summed E-state index contributed by atoms with van der Waals surface area (Å²) in [6.07, 6.45) is -0.113. The molecule has 3 N–H and O–H groups in total. The first-order chi connectivity index (χ1) is 8.95. The molecule has 0 aliphatic rings. The third kappa shape index (κ3) is 4.50. The van der Waals surface area contributed by atoms with Crippen LogP contribution in [-0.4, -0.2) is 47.5 Å². The van der Waals surface area contributed by atoms with Crippen molar-refractivity contribution in [2.45, 2.75) is 26.4 Å². The van der Waals surface area contributed by atoms with Gasteiger partial charge in [-0.2, -0.15) is 0 Å². The zero-order valence-electron chi connectivity index (χ0n) is 11.4. The summed E-state index contributed by atoms with van der Waals surface area (Å²) in [5, 5.41) is 21.7. The van der Waals surface area contributed by atoms with E-state index in [2.05, 4.69) is 10.3 Å². The minimum Gasteiger partial charge on any atom is -0.478 e. The van der Waals surface area contributed by atoms with Crippen molar-refractivity contribution in [3.05, 3.63) is 22.9 Å². The highest BCUT2D eigenvalue weighted by Gasteiger charge is 2.15. The summed E-state index contributed by atoms with van der Waals surface area (Å²) in [4.78, 5) is 15.4. The Kier molecular flexibility index (Phi) is 5.72. The van der Waals surface area contributed by atoms with E-state index < -0.39 is 12.1 Å². The van der Waals surface area contributed by atoms with Crippen LogP contribution >= 0.6 is 0 Å². The third-order valence-corrected chi connectivity index (χ3v) is 2.69. The van der Waals surface area contributed by atoms with Gasteiger partial charge < -0.3 is 20.3 Å². The van der Waals surface area contributed by atoms with Gasteiger partial charge in [0.2, 0.25) is 0 Å². The average molecular weight is 268 g/mol. The molecule has 106 valence electrons. The maximum atomic E-state index is 11.2. The van der Waals surface area contributed by atoms with E-state index in [1.807, 2.05) is 6.92 Å². The predicted molar refractivity (Wildman–Crippen MR) is 71.7 cm³/mol. The molecule has 0 spiro atoms. The largest absolute Gasteiger partial charge is 0.478 e. The molecule has 1 atom stereocenters. The normalized spacial score (nSPS) is 12.2. The SMILES string of the molecule is COCC(O)CCNc1nc(C)cc(C)c1C(=O)O. The second-order valence-corrected chi connectivity index (χ2v) is 4.43. The highest BCUT2D eigenvalue weighted by Crippen LogP contribution is 2.18. The van der Waals surface area contributed by atoms with Gasteiger partial charge in [-0.1, -0.05) is 0 Å². The van der Waals surface area contributed by atoms with Crippen molar-refractivity contribution >= 4 is 11.8 Å². The lowest BCUT2D eigenvalue weighted by atomic mass is 10.1. The number of ether oxygens (including phenoxy) is 1. The van der Waals surface area contributed by atoms with Gasteiger partial charge in [0, 0.05) is 19.3 Å². The van der Waals surface area contributed by atoms with Gasteiger partial charge in [-0.15, -0.1) is 0 Å². The van der Waals surface area contributed by atoms with Crippen LogP contribution in [0, 0.1) is 13.8 Å². The first kappa shape index (κ1) is 15.4. The lowest BCUT2D eigenvalue weighted by Gasteiger charge is -2.13. The first-order valence-corrected chi connectivity index (χ1v) is 6.08. The van der Waals surface area contributed by atoms with Gasteiger partial charge in [-0.25, -0.2) is 9.78 Å². The van der Waals surface area contributed by atoms with Crippen LogP contribution in [0.2, 0.25) is 0 Å². The fourth-order valence-electron chi connectivity index (χ4n) is 1.87. The van der Waals surface area contributed by atoms with Crippen molar-refractivity contribution in [2.24, 2.45) is 0 Å². The molecule has 0 bridgehead atoms. The number of hydrogen-bond donors (Lipinski definition) is 3. The number of aryl methyl sites for hydroxylation is 2. The number of hydrogen-bond acceptors (Lipinski definition) is 5. The van der Waals surface area contributed by atoms with Crippen LogP contribution in [0.1, 0.15) is 28.0 Å². The van der Waals surface area contributed by atoms with Crippen molar-refractivity contribution < 1.29 is 19.7 Å². The molecule has 0 aromatic carbocycles. The molecule has 0 radical (unpaired) electrons. The number of methoxy groups -OCH3 is 1.